The Balaban J connectivity index is 1.47. The number of aryl methyl sites for hydroxylation is 1. The first-order valence-electron chi connectivity index (χ1n) is 7.87. The van der Waals surface area contributed by atoms with Gasteiger partial charge in [0.25, 0.3) is 0 Å². The van der Waals surface area contributed by atoms with Crippen LogP contribution in [0.1, 0.15) is 22.5 Å². The third kappa shape index (κ3) is 2.69. The van der Waals surface area contributed by atoms with Crippen molar-refractivity contribution in [2.45, 2.75) is 26.2 Å². The molecule has 4 rings (SSSR count). The highest BCUT2D eigenvalue weighted by atomic mass is 16.5. The third-order valence-corrected chi connectivity index (χ3v) is 4.58. The van der Waals surface area contributed by atoms with Crippen LogP contribution in [-0.4, -0.2) is 45.9 Å². The van der Waals surface area contributed by atoms with E-state index in [4.69, 9.17) is 14.3 Å². The number of furan rings is 1. The van der Waals surface area contributed by atoms with Crippen LogP contribution < -0.4 is 0 Å². The van der Waals surface area contributed by atoms with Crippen molar-refractivity contribution in [2.75, 3.05) is 26.3 Å². The average Bonchev–Trinajstić information content (AvgIpc) is 3.22. The average molecular weight is 302 g/mol. The van der Waals surface area contributed by atoms with Crippen LogP contribution in [0.2, 0.25) is 0 Å². The Labute approximate surface area is 130 Å². The van der Waals surface area contributed by atoms with Crippen molar-refractivity contribution in [2.24, 2.45) is 7.05 Å². The molecule has 0 amide bonds. The highest BCUT2D eigenvalue weighted by Gasteiger charge is 2.27. The van der Waals surface area contributed by atoms with Gasteiger partial charge in [-0.15, -0.1) is 0 Å². The molecule has 4 heterocycles. The quantitative estimate of drug-likeness (QED) is 0.853. The Kier molecular flexibility index (Phi) is 3.73. The van der Waals surface area contributed by atoms with Crippen molar-refractivity contribution in [1.82, 2.24) is 19.6 Å². The lowest BCUT2D eigenvalue weighted by Crippen LogP contribution is -2.36. The minimum absolute atomic E-state index is 0.835. The number of ether oxygens (including phenoxy) is 1. The summed E-state index contributed by atoms with van der Waals surface area (Å²) >= 11 is 0. The lowest BCUT2D eigenvalue weighted by atomic mass is 10.2. The first kappa shape index (κ1) is 14.0. The smallest absolute Gasteiger partial charge is 0.0947 e. The fourth-order valence-corrected chi connectivity index (χ4v) is 3.39. The molecule has 0 radical (unpaired) electrons. The Morgan fingerprint density at radius 1 is 1.14 bits per heavy atom. The van der Waals surface area contributed by atoms with Gasteiger partial charge in [-0.05, 0) is 6.07 Å². The van der Waals surface area contributed by atoms with E-state index < -0.39 is 0 Å². The van der Waals surface area contributed by atoms with E-state index in [1.807, 2.05) is 12.3 Å². The molecule has 1 saturated heterocycles. The number of hydrogen-bond acceptors (Lipinski definition) is 5. The van der Waals surface area contributed by atoms with E-state index in [-0.39, 0.29) is 0 Å². The molecule has 0 atom stereocenters. The summed E-state index contributed by atoms with van der Waals surface area (Å²) in [5.41, 5.74) is 5.23. The summed E-state index contributed by atoms with van der Waals surface area (Å²) in [7, 11) is 2.06. The number of rotatable bonds is 4. The lowest BCUT2D eigenvalue weighted by Gasteiger charge is -2.26. The maximum Gasteiger partial charge on any atom is 0.0947 e. The SMILES string of the molecule is Cn1nc(CN2CCOCC2)c2c1CN(Cc1ccoc1)C2. The summed E-state index contributed by atoms with van der Waals surface area (Å²) < 4.78 is 12.7. The van der Waals surface area contributed by atoms with Crippen molar-refractivity contribution in [3.8, 4) is 0 Å². The second kappa shape index (κ2) is 5.87. The van der Waals surface area contributed by atoms with E-state index in [0.717, 1.165) is 52.5 Å². The topological polar surface area (TPSA) is 46.7 Å². The van der Waals surface area contributed by atoms with Gasteiger partial charge in [-0.25, -0.2) is 0 Å². The number of morpholine rings is 1. The summed E-state index contributed by atoms with van der Waals surface area (Å²) in [6.45, 7) is 7.49. The number of aromatic nitrogens is 2. The van der Waals surface area contributed by atoms with Gasteiger partial charge in [0.05, 0.1) is 37.1 Å². The standard InChI is InChI=1S/C16H22N4O2/c1-18-16-11-20(8-13-2-5-22-12-13)9-14(16)15(17-18)10-19-3-6-21-7-4-19/h2,5,12H,3-4,6-11H2,1H3. The molecule has 0 aliphatic carbocycles. The fraction of sp³-hybridized carbons (Fsp3) is 0.562. The molecule has 1 fully saturated rings. The zero-order chi connectivity index (χ0) is 14.9. The molecule has 6 heteroatoms. The maximum absolute atomic E-state index is 5.43. The zero-order valence-corrected chi connectivity index (χ0v) is 13.0. The van der Waals surface area contributed by atoms with E-state index >= 15 is 0 Å². The summed E-state index contributed by atoms with van der Waals surface area (Å²) in [4.78, 5) is 4.88. The molecule has 2 aliphatic heterocycles. The molecule has 22 heavy (non-hydrogen) atoms. The highest BCUT2D eigenvalue weighted by molar-refractivity contribution is 5.30. The fourth-order valence-electron chi connectivity index (χ4n) is 3.39. The summed E-state index contributed by atoms with van der Waals surface area (Å²) in [5, 5.41) is 4.75. The van der Waals surface area contributed by atoms with Gasteiger partial charge in [0.2, 0.25) is 0 Å². The first-order chi connectivity index (χ1) is 10.8. The Morgan fingerprint density at radius 3 is 2.77 bits per heavy atom. The van der Waals surface area contributed by atoms with Gasteiger partial charge in [-0.2, -0.15) is 5.10 Å². The summed E-state index contributed by atoms with van der Waals surface area (Å²) in [6.07, 6.45) is 3.57. The number of nitrogens with zero attached hydrogens (tertiary/aromatic N) is 4. The van der Waals surface area contributed by atoms with Crippen LogP contribution in [0.4, 0.5) is 0 Å². The van der Waals surface area contributed by atoms with Crippen LogP contribution in [0, 0.1) is 0 Å². The molecule has 0 N–H and O–H groups in total. The van der Waals surface area contributed by atoms with Gasteiger partial charge >= 0.3 is 0 Å². The largest absolute Gasteiger partial charge is 0.472 e. The molecule has 0 saturated carbocycles. The van der Waals surface area contributed by atoms with Crippen molar-refractivity contribution < 1.29 is 9.15 Å². The van der Waals surface area contributed by atoms with Gasteiger partial charge in [0.15, 0.2) is 0 Å². The number of hydrogen-bond donors (Lipinski definition) is 0. The minimum atomic E-state index is 0.835. The van der Waals surface area contributed by atoms with Crippen molar-refractivity contribution in [3.63, 3.8) is 0 Å². The van der Waals surface area contributed by atoms with E-state index in [9.17, 15) is 0 Å². The van der Waals surface area contributed by atoms with E-state index in [1.165, 1.54) is 22.5 Å². The van der Waals surface area contributed by atoms with Gasteiger partial charge < -0.3 is 9.15 Å². The van der Waals surface area contributed by atoms with Gasteiger partial charge in [-0.3, -0.25) is 14.5 Å². The van der Waals surface area contributed by atoms with Crippen LogP contribution in [0.5, 0.6) is 0 Å². The monoisotopic (exact) mass is 302 g/mol. The Bertz CT molecular complexity index is 629. The van der Waals surface area contributed by atoms with Crippen molar-refractivity contribution >= 4 is 0 Å². The minimum Gasteiger partial charge on any atom is -0.472 e. The molecular weight excluding hydrogens is 280 g/mol. The van der Waals surface area contributed by atoms with Gasteiger partial charge in [0, 0.05) is 57.4 Å². The molecule has 2 aromatic heterocycles. The molecule has 118 valence electrons. The molecule has 2 aromatic rings. The molecule has 6 nitrogen and oxygen atoms in total. The molecular formula is C16H22N4O2. The van der Waals surface area contributed by atoms with E-state index in [2.05, 4.69) is 21.5 Å². The third-order valence-electron chi connectivity index (χ3n) is 4.58. The maximum atomic E-state index is 5.43. The molecule has 0 spiro atoms. The summed E-state index contributed by atoms with van der Waals surface area (Å²) in [5.74, 6) is 0. The molecule has 2 aliphatic rings. The number of fused-ring (bicyclic) bond motifs is 1. The zero-order valence-electron chi connectivity index (χ0n) is 13.0. The van der Waals surface area contributed by atoms with E-state index in [1.54, 1.807) is 6.26 Å². The van der Waals surface area contributed by atoms with Crippen molar-refractivity contribution in [3.05, 3.63) is 41.1 Å². The summed E-state index contributed by atoms with van der Waals surface area (Å²) in [6, 6.07) is 2.04. The Hall–Kier alpha value is -1.63. The molecule has 0 bridgehead atoms. The van der Waals surface area contributed by atoms with Crippen LogP contribution >= 0.6 is 0 Å². The van der Waals surface area contributed by atoms with Crippen LogP contribution in [0.15, 0.2) is 23.0 Å². The van der Waals surface area contributed by atoms with Crippen molar-refractivity contribution in [1.29, 1.82) is 0 Å². The van der Waals surface area contributed by atoms with Gasteiger partial charge in [0.1, 0.15) is 0 Å². The predicted octanol–water partition coefficient (Wildman–Crippen LogP) is 1.36. The highest BCUT2D eigenvalue weighted by Crippen LogP contribution is 2.27. The lowest BCUT2D eigenvalue weighted by molar-refractivity contribution is 0.0334. The van der Waals surface area contributed by atoms with Crippen LogP contribution in [0.3, 0.4) is 0 Å². The first-order valence-corrected chi connectivity index (χ1v) is 7.87. The van der Waals surface area contributed by atoms with E-state index in [0.29, 0.717) is 0 Å². The van der Waals surface area contributed by atoms with Crippen LogP contribution in [0.25, 0.3) is 0 Å². The Morgan fingerprint density at radius 2 is 2.00 bits per heavy atom. The molecule has 0 aromatic carbocycles. The van der Waals surface area contributed by atoms with Gasteiger partial charge in [-0.1, -0.05) is 0 Å². The predicted molar refractivity (Wildman–Crippen MR) is 81.0 cm³/mol. The second-order valence-electron chi connectivity index (χ2n) is 6.16. The second-order valence-corrected chi connectivity index (χ2v) is 6.16. The normalized spacial score (nSPS) is 19.7. The molecule has 0 unspecified atom stereocenters. The van der Waals surface area contributed by atoms with Crippen LogP contribution in [-0.2, 0) is 38.0 Å².